The average Bonchev–Trinajstić information content (AvgIpc) is 2.98. The minimum Gasteiger partial charge on any atom is -0.337 e. The molecule has 0 radical (unpaired) electrons. The molecule has 2 aromatic rings. The highest BCUT2D eigenvalue weighted by Gasteiger charge is 2.37. The third-order valence-electron chi connectivity index (χ3n) is 3.91. The molecule has 1 unspecified atom stereocenters. The summed E-state index contributed by atoms with van der Waals surface area (Å²) < 4.78 is 68.4. The van der Waals surface area contributed by atoms with Gasteiger partial charge in [-0.2, -0.15) is 4.31 Å². The summed E-state index contributed by atoms with van der Waals surface area (Å²) in [4.78, 5) is 3.53. The van der Waals surface area contributed by atoms with Crippen molar-refractivity contribution < 1.29 is 21.6 Å². The molecule has 0 bridgehead atoms. The van der Waals surface area contributed by atoms with Crippen LogP contribution in [0.5, 0.6) is 0 Å². The summed E-state index contributed by atoms with van der Waals surface area (Å²) >= 11 is 0. The second-order valence-corrected chi connectivity index (χ2v) is 7.32. The van der Waals surface area contributed by atoms with Crippen molar-refractivity contribution in [3.8, 4) is 0 Å². The zero-order valence-corrected chi connectivity index (χ0v) is 13.5. The first kappa shape index (κ1) is 16.9. The molecular formula is C14H15F3N4O2S. The fraction of sp³-hybridized carbons (Fsp3) is 0.357. The maximum atomic E-state index is 13.4. The molecule has 1 atom stereocenters. The highest BCUT2D eigenvalue weighted by Crippen LogP contribution is 2.29. The number of sulfonamides is 1. The molecule has 2 heterocycles. The zero-order chi connectivity index (χ0) is 17.5. The van der Waals surface area contributed by atoms with Gasteiger partial charge >= 0.3 is 0 Å². The van der Waals surface area contributed by atoms with Crippen molar-refractivity contribution in [1.82, 2.24) is 19.2 Å². The number of aryl methyl sites for hydroxylation is 1. The number of imidazole rings is 1. The number of nitrogens with zero attached hydrogens (tertiary/aromatic N) is 3. The van der Waals surface area contributed by atoms with Gasteiger partial charge in [0.2, 0.25) is 10.0 Å². The van der Waals surface area contributed by atoms with Gasteiger partial charge in [0.05, 0.1) is 10.9 Å². The Morgan fingerprint density at radius 2 is 1.92 bits per heavy atom. The lowest BCUT2D eigenvalue weighted by atomic mass is 10.2. The lowest BCUT2D eigenvalue weighted by Crippen LogP contribution is -2.49. The molecule has 3 rings (SSSR count). The Labute approximate surface area is 137 Å². The molecule has 1 aromatic heterocycles. The minimum atomic E-state index is -4.22. The lowest BCUT2D eigenvalue weighted by molar-refractivity contribution is 0.258. The van der Waals surface area contributed by atoms with Gasteiger partial charge in [0, 0.05) is 39.1 Å². The molecule has 1 fully saturated rings. The molecule has 0 amide bonds. The predicted molar refractivity (Wildman–Crippen MR) is 79.0 cm³/mol. The van der Waals surface area contributed by atoms with Crippen LogP contribution in [-0.4, -0.2) is 41.9 Å². The number of benzene rings is 1. The fourth-order valence-electron chi connectivity index (χ4n) is 2.71. The van der Waals surface area contributed by atoms with E-state index in [0.29, 0.717) is 31.0 Å². The first-order chi connectivity index (χ1) is 11.3. The van der Waals surface area contributed by atoms with Crippen LogP contribution in [0.4, 0.5) is 13.2 Å². The summed E-state index contributed by atoms with van der Waals surface area (Å²) in [6, 6.07) is 0.344. The smallest absolute Gasteiger partial charge is 0.244 e. The Morgan fingerprint density at radius 1 is 1.25 bits per heavy atom. The van der Waals surface area contributed by atoms with Crippen molar-refractivity contribution >= 4 is 10.0 Å². The monoisotopic (exact) mass is 360 g/mol. The number of halogens is 3. The second-order valence-electron chi connectivity index (χ2n) is 5.43. The van der Waals surface area contributed by atoms with E-state index in [-0.39, 0.29) is 6.54 Å². The standard InChI is InChI=1S/C14H15F3N4O2S/c1-20-4-3-19-14(20)12-8-18-2-5-21(12)24(22,23)9-6-10(15)13(17)11(16)7-9/h3-4,6-7,12,18H,2,5,8H2,1H3. The molecule has 0 spiro atoms. The summed E-state index contributed by atoms with van der Waals surface area (Å²) in [6.07, 6.45) is 3.21. The summed E-state index contributed by atoms with van der Waals surface area (Å²) in [5.41, 5.74) is 0. The van der Waals surface area contributed by atoms with E-state index in [9.17, 15) is 21.6 Å². The maximum Gasteiger partial charge on any atom is 0.244 e. The van der Waals surface area contributed by atoms with Crippen molar-refractivity contribution in [2.75, 3.05) is 19.6 Å². The Hall–Kier alpha value is -1.91. The maximum absolute atomic E-state index is 13.4. The largest absolute Gasteiger partial charge is 0.337 e. The van der Waals surface area contributed by atoms with Crippen LogP contribution in [0, 0.1) is 17.5 Å². The molecule has 130 valence electrons. The van der Waals surface area contributed by atoms with Crippen LogP contribution >= 0.6 is 0 Å². The molecule has 1 aliphatic rings. The number of hydrogen-bond donors (Lipinski definition) is 1. The van der Waals surface area contributed by atoms with E-state index >= 15 is 0 Å². The van der Waals surface area contributed by atoms with Gasteiger partial charge in [-0.3, -0.25) is 0 Å². The van der Waals surface area contributed by atoms with Crippen molar-refractivity contribution in [1.29, 1.82) is 0 Å². The van der Waals surface area contributed by atoms with E-state index in [1.54, 1.807) is 17.8 Å². The molecule has 1 saturated heterocycles. The Kier molecular flexibility index (Phi) is 4.37. The van der Waals surface area contributed by atoms with Gasteiger partial charge in [0.15, 0.2) is 17.5 Å². The van der Waals surface area contributed by atoms with Crippen LogP contribution in [0.2, 0.25) is 0 Å². The Balaban J connectivity index is 2.05. The third kappa shape index (κ3) is 2.80. The van der Waals surface area contributed by atoms with Gasteiger partial charge in [-0.25, -0.2) is 26.6 Å². The molecule has 10 heteroatoms. The van der Waals surface area contributed by atoms with Gasteiger partial charge in [-0.05, 0) is 12.1 Å². The summed E-state index contributed by atoms with van der Waals surface area (Å²) in [5, 5.41) is 3.07. The molecule has 1 N–H and O–H groups in total. The van der Waals surface area contributed by atoms with Crippen LogP contribution < -0.4 is 5.32 Å². The lowest BCUT2D eigenvalue weighted by Gasteiger charge is -2.34. The molecule has 0 aliphatic carbocycles. The molecule has 24 heavy (non-hydrogen) atoms. The van der Waals surface area contributed by atoms with Crippen molar-refractivity contribution in [2.45, 2.75) is 10.9 Å². The van der Waals surface area contributed by atoms with E-state index in [1.165, 1.54) is 6.20 Å². The van der Waals surface area contributed by atoms with E-state index in [2.05, 4.69) is 10.3 Å². The summed E-state index contributed by atoms with van der Waals surface area (Å²) in [6.45, 7) is 0.781. The van der Waals surface area contributed by atoms with Crippen molar-refractivity contribution in [2.24, 2.45) is 7.05 Å². The molecule has 6 nitrogen and oxygen atoms in total. The molecule has 1 aromatic carbocycles. The SMILES string of the molecule is Cn1ccnc1C1CNCCN1S(=O)(=O)c1cc(F)c(F)c(F)c1. The van der Waals surface area contributed by atoms with Crippen molar-refractivity contribution in [3.63, 3.8) is 0 Å². The zero-order valence-electron chi connectivity index (χ0n) is 12.7. The highest BCUT2D eigenvalue weighted by atomic mass is 32.2. The number of rotatable bonds is 3. The Bertz CT molecular complexity index is 846. The van der Waals surface area contributed by atoms with Gasteiger partial charge in [-0.15, -0.1) is 0 Å². The number of hydrogen-bond acceptors (Lipinski definition) is 4. The van der Waals surface area contributed by atoms with Crippen LogP contribution in [0.15, 0.2) is 29.4 Å². The molecular weight excluding hydrogens is 345 g/mol. The van der Waals surface area contributed by atoms with Gasteiger partial charge in [0.25, 0.3) is 0 Å². The number of aromatic nitrogens is 2. The third-order valence-corrected chi connectivity index (χ3v) is 5.80. The van der Waals surface area contributed by atoms with Gasteiger partial charge in [0.1, 0.15) is 5.82 Å². The number of nitrogens with one attached hydrogen (secondary N) is 1. The topological polar surface area (TPSA) is 67.2 Å². The first-order valence-electron chi connectivity index (χ1n) is 7.16. The van der Waals surface area contributed by atoms with E-state index in [0.717, 1.165) is 4.31 Å². The molecule has 0 saturated carbocycles. The van der Waals surface area contributed by atoms with Crippen molar-refractivity contribution in [3.05, 3.63) is 47.8 Å². The number of piperazine rings is 1. The normalized spacial score (nSPS) is 19.6. The van der Waals surface area contributed by atoms with E-state index in [4.69, 9.17) is 0 Å². The second kappa shape index (κ2) is 6.19. The van der Waals surface area contributed by atoms with Gasteiger partial charge in [-0.1, -0.05) is 0 Å². The summed E-state index contributed by atoms with van der Waals surface area (Å²) in [7, 11) is -2.50. The van der Waals surface area contributed by atoms with Crippen LogP contribution in [0.25, 0.3) is 0 Å². The first-order valence-corrected chi connectivity index (χ1v) is 8.60. The quantitative estimate of drug-likeness (QED) is 0.835. The minimum absolute atomic E-state index is 0.0977. The van der Waals surface area contributed by atoms with Crippen LogP contribution in [0.1, 0.15) is 11.9 Å². The molecule has 1 aliphatic heterocycles. The van der Waals surface area contributed by atoms with E-state index in [1.807, 2.05) is 0 Å². The predicted octanol–water partition coefficient (Wildman–Crippen LogP) is 1.17. The Morgan fingerprint density at radius 3 is 2.50 bits per heavy atom. The fourth-order valence-corrected chi connectivity index (χ4v) is 4.32. The average molecular weight is 360 g/mol. The van der Waals surface area contributed by atoms with Crippen LogP contribution in [0.3, 0.4) is 0 Å². The van der Waals surface area contributed by atoms with E-state index < -0.39 is 38.4 Å². The van der Waals surface area contributed by atoms with Crippen LogP contribution in [-0.2, 0) is 17.1 Å². The highest BCUT2D eigenvalue weighted by molar-refractivity contribution is 7.89. The summed E-state index contributed by atoms with van der Waals surface area (Å²) in [5.74, 6) is -4.29. The van der Waals surface area contributed by atoms with Gasteiger partial charge < -0.3 is 9.88 Å².